The fraction of sp³-hybridized carbons (Fsp3) is 0.421. The van der Waals surface area contributed by atoms with Crippen molar-refractivity contribution in [1.29, 1.82) is 0 Å². The minimum Gasteiger partial charge on any atom is -0.390 e. The number of hydrogen-bond donors (Lipinski definition) is 2. The van der Waals surface area contributed by atoms with Crippen molar-refractivity contribution in [2.45, 2.75) is 31.4 Å². The van der Waals surface area contributed by atoms with Crippen LogP contribution in [-0.4, -0.2) is 50.5 Å². The SMILES string of the molecule is O[C@@H](CN1CCC(c2cc3ccccc3[nH]2)CC1)Cn1cccn1. The van der Waals surface area contributed by atoms with Crippen molar-refractivity contribution >= 4 is 10.9 Å². The predicted octanol–water partition coefficient (Wildman–Crippen LogP) is 2.60. The summed E-state index contributed by atoms with van der Waals surface area (Å²) >= 11 is 0. The quantitative estimate of drug-likeness (QED) is 0.758. The van der Waals surface area contributed by atoms with Gasteiger partial charge in [-0.25, -0.2) is 0 Å². The molecule has 0 bridgehead atoms. The van der Waals surface area contributed by atoms with E-state index in [9.17, 15) is 5.11 Å². The van der Waals surface area contributed by atoms with Gasteiger partial charge in [0.25, 0.3) is 0 Å². The number of nitrogens with one attached hydrogen (secondary N) is 1. The Kier molecular flexibility index (Phi) is 4.36. The molecule has 1 aliphatic heterocycles. The summed E-state index contributed by atoms with van der Waals surface area (Å²) in [6, 6.07) is 12.6. The summed E-state index contributed by atoms with van der Waals surface area (Å²) in [4.78, 5) is 5.94. The molecule has 1 aliphatic rings. The fourth-order valence-electron chi connectivity index (χ4n) is 3.72. The minimum atomic E-state index is -0.366. The van der Waals surface area contributed by atoms with Crippen LogP contribution in [0.15, 0.2) is 48.8 Å². The first-order chi connectivity index (χ1) is 11.8. The minimum absolute atomic E-state index is 0.366. The van der Waals surface area contributed by atoms with E-state index in [1.165, 1.54) is 16.6 Å². The third kappa shape index (κ3) is 3.37. The van der Waals surface area contributed by atoms with E-state index in [0.29, 0.717) is 12.5 Å². The molecule has 0 saturated carbocycles. The molecule has 1 fully saturated rings. The van der Waals surface area contributed by atoms with Crippen molar-refractivity contribution in [3.05, 3.63) is 54.5 Å². The van der Waals surface area contributed by atoms with Crippen molar-refractivity contribution < 1.29 is 5.11 Å². The van der Waals surface area contributed by atoms with E-state index in [1.54, 1.807) is 10.9 Å². The summed E-state index contributed by atoms with van der Waals surface area (Å²) in [7, 11) is 0. The molecule has 2 N–H and O–H groups in total. The Hall–Kier alpha value is -2.11. The molecule has 0 aliphatic carbocycles. The van der Waals surface area contributed by atoms with Crippen LogP contribution in [0.3, 0.4) is 0 Å². The molecule has 4 rings (SSSR count). The van der Waals surface area contributed by atoms with E-state index in [0.717, 1.165) is 32.5 Å². The smallest absolute Gasteiger partial charge is 0.0862 e. The van der Waals surface area contributed by atoms with Gasteiger partial charge in [0.2, 0.25) is 0 Å². The molecule has 24 heavy (non-hydrogen) atoms. The van der Waals surface area contributed by atoms with Crippen LogP contribution in [0.1, 0.15) is 24.5 Å². The molecule has 1 atom stereocenters. The Bertz CT molecular complexity index is 739. The van der Waals surface area contributed by atoms with Gasteiger partial charge in [0.05, 0.1) is 12.6 Å². The maximum Gasteiger partial charge on any atom is 0.0862 e. The molecule has 5 heteroatoms. The average Bonchev–Trinajstić information content (AvgIpc) is 3.24. The number of likely N-dealkylation sites (tertiary alicyclic amines) is 1. The second-order valence-electron chi connectivity index (χ2n) is 6.77. The molecule has 2 aromatic heterocycles. The number of nitrogens with zero attached hydrogens (tertiary/aromatic N) is 3. The van der Waals surface area contributed by atoms with Crippen molar-refractivity contribution in [3.8, 4) is 0 Å². The lowest BCUT2D eigenvalue weighted by Crippen LogP contribution is -2.39. The third-order valence-electron chi connectivity index (χ3n) is 5.00. The first kappa shape index (κ1) is 15.4. The highest BCUT2D eigenvalue weighted by atomic mass is 16.3. The van der Waals surface area contributed by atoms with Crippen molar-refractivity contribution in [1.82, 2.24) is 19.7 Å². The average molecular weight is 324 g/mol. The Labute approximate surface area is 141 Å². The van der Waals surface area contributed by atoms with Crippen LogP contribution in [0.2, 0.25) is 0 Å². The summed E-state index contributed by atoms with van der Waals surface area (Å²) in [6.07, 6.45) is 5.56. The van der Waals surface area contributed by atoms with Crippen LogP contribution in [0.5, 0.6) is 0 Å². The first-order valence-electron chi connectivity index (χ1n) is 8.73. The second-order valence-corrected chi connectivity index (χ2v) is 6.77. The van der Waals surface area contributed by atoms with E-state index in [-0.39, 0.29) is 6.10 Å². The van der Waals surface area contributed by atoms with Gasteiger partial charge in [-0.2, -0.15) is 5.10 Å². The summed E-state index contributed by atoms with van der Waals surface area (Å²) in [5.41, 5.74) is 2.58. The summed E-state index contributed by atoms with van der Waals surface area (Å²) < 4.78 is 1.79. The number of aromatic nitrogens is 3. The maximum atomic E-state index is 10.2. The maximum absolute atomic E-state index is 10.2. The van der Waals surface area contributed by atoms with Gasteiger partial charge in [0.1, 0.15) is 0 Å². The first-order valence-corrected chi connectivity index (χ1v) is 8.73. The Morgan fingerprint density at radius 1 is 1.17 bits per heavy atom. The van der Waals surface area contributed by atoms with E-state index in [2.05, 4.69) is 45.3 Å². The molecule has 0 radical (unpaired) electrons. The molecule has 1 saturated heterocycles. The van der Waals surface area contributed by atoms with Gasteiger partial charge >= 0.3 is 0 Å². The summed E-state index contributed by atoms with van der Waals surface area (Å²) in [6.45, 7) is 3.36. The monoisotopic (exact) mass is 324 g/mol. The van der Waals surface area contributed by atoms with Crippen LogP contribution in [-0.2, 0) is 6.54 Å². The number of aliphatic hydroxyl groups excluding tert-OH is 1. The van der Waals surface area contributed by atoms with Gasteiger partial charge < -0.3 is 15.0 Å². The summed E-state index contributed by atoms with van der Waals surface area (Å²) in [5.74, 6) is 0.594. The highest BCUT2D eigenvalue weighted by molar-refractivity contribution is 5.80. The van der Waals surface area contributed by atoms with Gasteiger partial charge in [0.15, 0.2) is 0 Å². The number of hydrogen-bond acceptors (Lipinski definition) is 3. The van der Waals surface area contributed by atoms with Crippen molar-refractivity contribution in [2.75, 3.05) is 19.6 Å². The lowest BCUT2D eigenvalue weighted by Gasteiger charge is -2.32. The Morgan fingerprint density at radius 2 is 2.00 bits per heavy atom. The van der Waals surface area contributed by atoms with Crippen molar-refractivity contribution in [3.63, 3.8) is 0 Å². The number of aromatic amines is 1. The molecular weight excluding hydrogens is 300 g/mol. The molecule has 0 unspecified atom stereocenters. The van der Waals surface area contributed by atoms with Crippen LogP contribution in [0, 0.1) is 0 Å². The topological polar surface area (TPSA) is 57.1 Å². The molecule has 126 valence electrons. The normalized spacial score (nSPS) is 18.2. The highest BCUT2D eigenvalue weighted by Crippen LogP contribution is 2.29. The summed E-state index contributed by atoms with van der Waals surface area (Å²) in [5, 5.41) is 15.7. The van der Waals surface area contributed by atoms with E-state index < -0.39 is 0 Å². The van der Waals surface area contributed by atoms with Gasteiger partial charge in [-0.1, -0.05) is 18.2 Å². The third-order valence-corrected chi connectivity index (χ3v) is 5.00. The van der Waals surface area contributed by atoms with Crippen LogP contribution >= 0.6 is 0 Å². The Balaban J connectivity index is 1.31. The lowest BCUT2D eigenvalue weighted by molar-refractivity contribution is 0.0821. The molecule has 0 spiro atoms. The number of aliphatic hydroxyl groups is 1. The molecule has 3 aromatic rings. The van der Waals surface area contributed by atoms with Gasteiger partial charge in [-0.3, -0.25) is 4.68 Å². The number of benzene rings is 1. The number of β-amino-alcohol motifs (C(OH)–C–C–N with tert-alkyl or cyclic N) is 1. The van der Waals surface area contributed by atoms with E-state index in [4.69, 9.17) is 0 Å². The zero-order valence-electron chi connectivity index (χ0n) is 13.8. The Morgan fingerprint density at radius 3 is 2.75 bits per heavy atom. The van der Waals surface area contributed by atoms with Crippen LogP contribution in [0.25, 0.3) is 10.9 Å². The number of H-pyrrole nitrogens is 1. The molecule has 3 heterocycles. The van der Waals surface area contributed by atoms with E-state index in [1.807, 2.05) is 12.3 Å². The molecule has 5 nitrogen and oxygen atoms in total. The van der Waals surface area contributed by atoms with Gasteiger partial charge in [0, 0.05) is 36.1 Å². The zero-order valence-corrected chi connectivity index (χ0v) is 13.8. The standard InChI is InChI=1S/C19H24N4O/c24-17(14-23-9-3-8-20-23)13-22-10-6-15(7-11-22)19-12-16-4-1-2-5-18(16)21-19/h1-5,8-9,12,15,17,21,24H,6-7,10-11,13-14H2/t17-/m0/s1. The largest absolute Gasteiger partial charge is 0.390 e. The zero-order chi connectivity index (χ0) is 16.4. The molecular formula is C19H24N4O. The van der Waals surface area contributed by atoms with Crippen molar-refractivity contribution in [2.24, 2.45) is 0 Å². The number of piperidine rings is 1. The van der Waals surface area contributed by atoms with Crippen LogP contribution in [0.4, 0.5) is 0 Å². The van der Waals surface area contributed by atoms with Gasteiger partial charge in [-0.15, -0.1) is 0 Å². The number of fused-ring (bicyclic) bond motifs is 1. The molecule has 1 aromatic carbocycles. The fourth-order valence-corrected chi connectivity index (χ4v) is 3.72. The number of rotatable bonds is 5. The van der Waals surface area contributed by atoms with Crippen LogP contribution < -0.4 is 0 Å². The van der Waals surface area contributed by atoms with Gasteiger partial charge in [-0.05, 0) is 49.5 Å². The number of para-hydroxylation sites is 1. The highest BCUT2D eigenvalue weighted by Gasteiger charge is 2.23. The lowest BCUT2D eigenvalue weighted by atomic mass is 9.93. The predicted molar refractivity (Wildman–Crippen MR) is 94.9 cm³/mol. The molecule has 0 amide bonds. The van der Waals surface area contributed by atoms with E-state index >= 15 is 0 Å². The second kappa shape index (κ2) is 6.79.